The zero-order chi connectivity index (χ0) is 15.3. The van der Waals surface area contributed by atoms with Crippen LogP contribution in [0, 0.1) is 0 Å². The van der Waals surface area contributed by atoms with Gasteiger partial charge >= 0.3 is 0 Å². The normalized spacial score (nSPS) is 9.71. The molecule has 0 N–H and O–H groups in total. The van der Waals surface area contributed by atoms with Gasteiger partial charge in [0.05, 0.1) is 0 Å². The number of hydrogen-bond acceptors (Lipinski definition) is 4. The Balaban J connectivity index is -0.000000295. The quantitative estimate of drug-likeness (QED) is 0.197. The molecule has 0 spiro atoms. The maximum Gasteiger partial charge on any atom is 0.00368 e. The van der Waals surface area contributed by atoms with Gasteiger partial charge in [-0.2, -0.15) is 0 Å². The molecule has 0 heterocycles. The molecule has 0 bridgehead atoms. The molecule has 0 aliphatic carbocycles. The fraction of sp³-hybridized carbons (Fsp3) is 1.00. The summed E-state index contributed by atoms with van der Waals surface area (Å²) in [6.07, 6.45) is 10.9. The van der Waals surface area contributed by atoms with Crippen LogP contribution in [0.2, 0.25) is 0 Å². The molecule has 0 amide bonds. The second-order valence-electron chi connectivity index (χ2n) is 4.70. The van der Waals surface area contributed by atoms with Crippen molar-refractivity contribution in [2.45, 2.75) is 79.1 Å². The third-order valence-corrected chi connectivity index (χ3v) is 7.65. The van der Waals surface area contributed by atoms with Crippen LogP contribution in [0.3, 0.4) is 0 Å². The lowest BCUT2D eigenvalue weighted by molar-refractivity contribution is 0.895. The van der Waals surface area contributed by atoms with Gasteiger partial charge in [0.1, 0.15) is 0 Å². The maximum absolute atomic E-state index is 2.25. The van der Waals surface area contributed by atoms with Gasteiger partial charge in [-0.25, -0.2) is 0 Å². The molecule has 132 valence electrons. The lowest BCUT2D eigenvalue weighted by Gasteiger charge is -1.97. The van der Waals surface area contributed by atoms with Crippen molar-refractivity contribution in [1.82, 2.24) is 0 Å². The first-order valence-corrected chi connectivity index (χ1v) is 13.3. The van der Waals surface area contributed by atoms with Crippen LogP contribution in [0.5, 0.6) is 0 Å². The zero-order valence-corrected chi connectivity index (χ0v) is 19.5. The molecule has 0 aromatic rings. The van der Waals surface area contributed by atoms with Crippen molar-refractivity contribution in [2.24, 2.45) is 0 Å². The van der Waals surface area contributed by atoms with E-state index in [2.05, 4.69) is 27.7 Å². The summed E-state index contributed by atoms with van der Waals surface area (Å²) in [7, 11) is 8.14. The predicted octanol–water partition coefficient (Wildman–Crippen LogP) is 8.51. The van der Waals surface area contributed by atoms with Crippen molar-refractivity contribution < 1.29 is 0 Å². The van der Waals surface area contributed by atoms with Gasteiger partial charge in [-0.3, -0.25) is 0 Å². The summed E-state index contributed by atoms with van der Waals surface area (Å²) in [6.45, 7) is 8.99. The first-order valence-electron chi connectivity index (χ1n) is 8.32. The average molecular weight is 438 g/mol. The largest absolute Gasteiger partial charge is 0.114 e. The highest BCUT2D eigenvalue weighted by Crippen LogP contribution is 2.23. The summed E-state index contributed by atoms with van der Waals surface area (Å²) < 4.78 is 0. The summed E-state index contributed by atoms with van der Waals surface area (Å²) in [5.74, 6) is 5.35. The van der Waals surface area contributed by atoms with Crippen molar-refractivity contribution in [3.8, 4) is 0 Å². The number of halogens is 1. The van der Waals surface area contributed by atoms with E-state index in [0.717, 1.165) is 0 Å². The highest BCUT2D eigenvalue weighted by Gasteiger charge is 1.89. The van der Waals surface area contributed by atoms with Crippen molar-refractivity contribution >= 4 is 60.2 Å². The van der Waals surface area contributed by atoms with E-state index in [1.54, 1.807) is 0 Å². The van der Waals surface area contributed by atoms with Gasteiger partial charge in [0.25, 0.3) is 0 Å². The zero-order valence-electron chi connectivity index (χ0n) is 14.5. The third kappa shape index (κ3) is 34.3. The molecule has 0 saturated heterocycles. The van der Waals surface area contributed by atoms with Gasteiger partial charge in [0.2, 0.25) is 0 Å². The van der Waals surface area contributed by atoms with Crippen LogP contribution in [-0.2, 0) is 0 Å². The smallest absolute Gasteiger partial charge is 0.00368 e. The minimum atomic E-state index is 0. The van der Waals surface area contributed by atoms with Gasteiger partial charge in [-0.15, -0.1) is 17.0 Å². The van der Waals surface area contributed by atoms with Gasteiger partial charge in [-0.1, -0.05) is 96.6 Å². The van der Waals surface area contributed by atoms with Crippen LogP contribution < -0.4 is 0 Å². The van der Waals surface area contributed by atoms with E-state index < -0.39 is 0 Å². The monoisotopic (exact) mass is 436 g/mol. The Morgan fingerprint density at radius 3 is 0.762 bits per heavy atom. The summed E-state index contributed by atoms with van der Waals surface area (Å²) in [6, 6.07) is 0. The number of hydrogen-bond donors (Lipinski definition) is 0. The molecule has 0 unspecified atom stereocenters. The predicted molar refractivity (Wildman–Crippen MR) is 120 cm³/mol. The molecule has 0 aliphatic heterocycles. The van der Waals surface area contributed by atoms with Crippen LogP contribution in [0.4, 0.5) is 0 Å². The Labute approximate surface area is 161 Å². The number of unbranched alkanes of at least 4 members (excludes halogenated alkanes) is 4. The van der Waals surface area contributed by atoms with E-state index in [9.17, 15) is 0 Å². The maximum atomic E-state index is 2.25. The lowest BCUT2D eigenvalue weighted by atomic mass is 10.4. The lowest BCUT2D eigenvalue weighted by Crippen LogP contribution is -1.76. The minimum absolute atomic E-state index is 0. The standard InChI is InChI=1S/2C8H18S2.BrH/c2*1-3-5-7-9-10-8-6-4-2;/h2*3-8H2,1-2H3;1H. The van der Waals surface area contributed by atoms with Crippen LogP contribution in [0.1, 0.15) is 79.1 Å². The van der Waals surface area contributed by atoms with E-state index in [1.165, 1.54) is 74.4 Å². The first kappa shape index (κ1) is 27.7. The molecule has 21 heavy (non-hydrogen) atoms. The molecule has 0 aliphatic rings. The fourth-order valence-corrected chi connectivity index (χ4v) is 5.97. The van der Waals surface area contributed by atoms with E-state index in [1.807, 2.05) is 43.2 Å². The summed E-state index contributed by atoms with van der Waals surface area (Å²) >= 11 is 0. The minimum Gasteiger partial charge on any atom is -0.114 e. The van der Waals surface area contributed by atoms with Crippen molar-refractivity contribution in [1.29, 1.82) is 0 Å². The molecule has 0 rings (SSSR count). The van der Waals surface area contributed by atoms with E-state index >= 15 is 0 Å². The van der Waals surface area contributed by atoms with Crippen molar-refractivity contribution in [3.63, 3.8) is 0 Å². The molecule has 0 atom stereocenters. The summed E-state index contributed by atoms with van der Waals surface area (Å²) in [4.78, 5) is 0. The molecule has 0 nitrogen and oxygen atoms in total. The molecule has 0 aromatic heterocycles. The van der Waals surface area contributed by atoms with E-state index in [4.69, 9.17) is 0 Å². The van der Waals surface area contributed by atoms with Gasteiger partial charge < -0.3 is 0 Å². The highest BCUT2D eigenvalue weighted by molar-refractivity contribution is 8.93. The molecule has 5 heteroatoms. The third-order valence-electron chi connectivity index (χ3n) is 2.49. The topological polar surface area (TPSA) is 0 Å². The molecular weight excluding hydrogens is 400 g/mol. The van der Waals surface area contributed by atoms with Crippen molar-refractivity contribution in [2.75, 3.05) is 23.0 Å². The highest BCUT2D eigenvalue weighted by atomic mass is 79.9. The van der Waals surface area contributed by atoms with Crippen LogP contribution in [-0.4, -0.2) is 23.0 Å². The van der Waals surface area contributed by atoms with E-state index in [-0.39, 0.29) is 17.0 Å². The number of rotatable bonds is 14. The Bertz CT molecular complexity index is 116. The van der Waals surface area contributed by atoms with Gasteiger partial charge in [-0.05, 0) is 25.7 Å². The summed E-state index contributed by atoms with van der Waals surface area (Å²) in [5, 5.41) is 0. The first-order chi connectivity index (χ1) is 9.83. The Morgan fingerprint density at radius 2 is 0.619 bits per heavy atom. The summed E-state index contributed by atoms with van der Waals surface area (Å²) in [5.41, 5.74) is 0. The van der Waals surface area contributed by atoms with Crippen LogP contribution >= 0.6 is 60.2 Å². The molecule has 0 fully saturated rings. The Morgan fingerprint density at radius 1 is 0.429 bits per heavy atom. The van der Waals surface area contributed by atoms with Crippen LogP contribution in [0.25, 0.3) is 0 Å². The van der Waals surface area contributed by atoms with Crippen molar-refractivity contribution in [3.05, 3.63) is 0 Å². The van der Waals surface area contributed by atoms with E-state index in [0.29, 0.717) is 0 Å². The van der Waals surface area contributed by atoms with Gasteiger partial charge in [0.15, 0.2) is 0 Å². The SMILES string of the molecule is Br.CCCCSSCCCC.CCCCSSCCCC. The fourth-order valence-electron chi connectivity index (χ4n) is 1.05. The molecule has 0 saturated carbocycles. The average Bonchev–Trinajstić information content (AvgIpc) is 2.47. The Hall–Kier alpha value is 1.88. The van der Waals surface area contributed by atoms with Gasteiger partial charge in [0, 0.05) is 23.0 Å². The second kappa shape index (κ2) is 29.8. The molecular formula is C16H37BrS4. The second-order valence-corrected chi connectivity index (χ2v) is 10.1. The Kier molecular flexibility index (Phi) is 39.4. The molecule has 0 aromatic carbocycles. The van der Waals surface area contributed by atoms with Crippen LogP contribution in [0.15, 0.2) is 0 Å². The molecule has 0 radical (unpaired) electrons.